The average molecular weight is 372 g/mol. The summed E-state index contributed by atoms with van der Waals surface area (Å²) in [6, 6.07) is 6.24. The third-order valence-corrected chi connectivity index (χ3v) is 3.57. The molecule has 8 nitrogen and oxygen atoms in total. The van der Waals surface area contributed by atoms with Crippen LogP contribution in [-0.4, -0.2) is 40.9 Å². The number of ether oxygens (including phenoxy) is 2. The van der Waals surface area contributed by atoms with E-state index in [-0.39, 0.29) is 35.8 Å². The van der Waals surface area contributed by atoms with Gasteiger partial charge in [0.15, 0.2) is 0 Å². The van der Waals surface area contributed by atoms with Crippen LogP contribution in [-0.2, 0) is 14.3 Å². The molecular weight excluding hydrogens is 352 g/mol. The number of aliphatic imine (C=N–C) groups is 1. The predicted octanol–water partition coefficient (Wildman–Crippen LogP) is 2.57. The minimum atomic E-state index is -0.771. The van der Waals surface area contributed by atoms with Gasteiger partial charge >= 0.3 is 11.9 Å². The molecule has 2 rings (SSSR count). The van der Waals surface area contributed by atoms with E-state index in [1.165, 1.54) is 23.6 Å². The molecule has 0 amide bonds. The fourth-order valence-corrected chi connectivity index (χ4v) is 2.34. The van der Waals surface area contributed by atoms with Crippen LogP contribution in [0.2, 0.25) is 0 Å². The van der Waals surface area contributed by atoms with Crippen molar-refractivity contribution in [3.8, 4) is 0 Å². The molecule has 0 aliphatic carbocycles. The molecule has 0 unspecified atom stereocenters. The summed E-state index contributed by atoms with van der Waals surface area (Å²) in [5, 5.41) is 9.67. The minimum Gasteiger partial charge on any atom is -0.512 e. The average Bonchev–Trinajstić information content (AvgIpc) is 2.63. The zero-order valence-corrected chi connectivity index (χ0v) is 15.3. The number of esters is 2. The fraction of sp³-hybridized carbons (Fsp3) is 0.263. The van der Waals surface area contributed by atoms with Crippen LogP contribution >= 0.6 is 0 Å². The first-order valence-corrected chi connectivity index (χ1v) is 8.33. The highest BCUT2D eigenvalue weighted by molar-refractivity contribution is 6.10. The molecule has 2 aromatic heterocycles. The summed E-state index contributed by atoms with van der Waals surface area (Å²) in [4.78, 5) is 40.8. The molecule has 1 N–H and O–H groups in total. The molecular formula is C19H20N2O6. The number of nitrogens with zero attached hydrogens (tertiary/aromatic N) is 2. The van der Waals surface area contributed by atoms with Crippen molar-refractivity contribution in [3.63, 3.8) is 0 Å². The van der Waals surface area contributed by atoms with E-state index in [0.717, 1.165) is 6.21 Å². The fourth-order valence-electron chi connectivity index (χ4n) is 2.34. The number of carbonyl (C=O) groups excluding carboxylic acids is 2. The Morgan fingerprint density at radius 3 is 2.56 bits per heavy atom. The molecule has 0 aliphatic rings. The lowest BCUT2D eigenvalue weighted by Crippen LogP contribution is -2.17. The van der Waals surface area contributed by atoms with E-state index in [1.54, 1.807) is 32.0 Å². The smallest absolute Gasteiger partial charge is 0.343 e. The number of hydrogen-bond donors (Lipinski definition) is 1. The van der Waals surface area contributed by atoms with E-state index in [2.05, 4.69) is 4.99 Å². The first-order chi connectivity index (χ1) is 12.9. The first kappa shape index (κ1) is 19.9. The molecule has 2 aromatic rings. The minimum absolute atomic E-state index is 0.0928. The van der Waals surface area contributed by atoms with Crippen LogP contribution in [0, 0.1) is 0 Å². The van der Waals surface area contributed by atoms with Gasteiger partial charge in [0.2, 0.25) is 0 Å². The number of aliphatic hydroxyl groups excluding tert-OH is 1. The van der Waals surface area contributed by atoms with Gasteiger partial charge in [0, 0.05) is 12.4 Å². The van der Waals surface area contributed by atoms with Crippen LogP contribution in [0.25, 0.3) is 5.52 Å². The summed E-state index contributed by atoms with van der Waals surface area (Å²) in [5.41, 5.74) is -0.239. The molecule has 0 aliphatic heterocycles. The number of hydrogen-bond acceptors (Lipinski definition) is 7. The molecule has 27 heavy (non-hydrogen) atoms. The highest BCUT2D eigenvalue weighted by Crippen LogP contribution is 2.17. The van der Waals surface area contributed by atoms with Crippen molar-refractivity contribution < 1.29 is 24.2 Å². The maximum Gasteiger partial charge on any atom is 0.343 e. The van der Waals surface area contributed by atoms with Gasteiger partial charge in [0.05, 0.1) is 24.3 Å². The molecule has 0 saturated heterocycles. The number of allylic oxidation sites excluding steroid dienone is 1. The van der Waals surface area contributed by atoms with Gasteiger partial charge in [-0.2, -0.15) is 0 Å². The molecule has 0 spiro atoms. The van der Waals surface area contributed by atoms with Crippen LogP contribution in [0.5, 0.6) is 0 Å². The van der Waals surface area contributed by atoms with Gasteiger partial charge in [-0.15, -0.1) is 0 Å². The Morgan fingerprint density at radius 1 is 1.22 bits per heavy atom. The number of pyridine rings is 2. The molecule has 8 heteroatoms. The molecule has 0 saturated carbocycles. The second-order valence-corrected chi connectivity index (χ2v) is 5.40. The van der Waals surface area contributed by atoms with Crippen molar-refractivity contribution in [2.75, 3.05) is 13.2 Å². The summed E-state index contributed by atoms with van der Waals surface area (Å²) < 4.78 is 11.1. The largest absolute Gasteiger partial charge is 0.512 e. The normalized spacial score (nSPS) is 12.1. The Bertz CT molecular complexity index is 983. The van der Waals surface area contributed by atoms with Gasteiger partial charge in [-0.1, -0.05) is 6.07 Å². The van der Waals surface area contributed by atoms with Gasteiger partial charge < -0.3 is 14.6 Å². The van der Waals surface area contributed by atoms with E-state index in [4.69, 9.17) is 9.47 Å². The number of aliphatic hydroxyl groups is 1. The predicted molar refractivity (Wildman–Crippen MR) is 99.7 cm³/mol. The van der Waals surface area contributed by atoms with Crippen molar-refractivity contribution in [1.82, 2.24) is 4.40 Å². The van der Waals surface area contributed by atoms with Crippen molar-refractivity contribution in [2.24, 2.45) is 4.99 Å². The summed E-state index contributed by atoms with van der Waals surface area (Å²) in [7, 11) is 0. The summed E-state index contributed by atoms with van der Waals surface area (Å²) in [5.74, 6) is -1.67. The zero-order chi connectivity index (χ0) is 20.0. The van der Waals surface area contributed by atoms with E-state index < -0.39 is 17.5 Å². The third kappa shape index (κ3) is 4.41. The Labute approximate surface area is 155 Å². The van der Waals surface area contributed by atoms with E-state index in [9.17, 15) is 19.5 Å². The quantitative estimate of drug-likeness (QED) is 0.361. The van der Waals surface area contributed by atoms with Crippen molar-refractivity contribution in [2.45, 2.75) is 20.8 Å². The Kier molecular flexibility index (Phi) is 6.48. The van der Waals surface area contributed by atoms with Gasteiger partial charge in [0.25, 0.3) is 5.56 Å². The maximum absolute atomic E-state index is 12.6. The number of carbonyl (C=O) groups is 2. The standard InChI is InChI=1S/C19H20N2O6/c1-4-26-18(24)13-10-15(17(23)21-9-7-6-8-16(13)21)20-11-14(12(3)22)19(25)27-5-2/h6-11,22H,4-5H2,1-3H3/b14-12-,20-11?. The lowest BCUT2D eigenvalue weighted by atomic mass is 10.2. The number of rotatable bonds is 6. The molecule has 0 radical (unpaired) electrons. The van der Waals surface area contributed by atoms with Crippen LogP contribution in [0.1, 0.15) is 31.1 Å². The molecule has 0 aromatic carbocycles. The third-order valence-electron chi connectivity index (χ3n) is 3.57. The molecule has 0 atom stereocenters. The van der Waals surface area contributed by atoms with Crippen LogP contribution < -0.4 is 5.56 Å². The zero-order valence-electron chi connectivity index (χ0n) is 15.3. The van der Waals surface area contributed by atoms with Crippen LogP contribution in [0.15, 0.2) is 51.6 Å². The van der Waals surface area contributed by atoms with Gasteiger partial charge in [-0.05, 0) is 39.0 Å². The Hall–Kier alpha value is -3.42. The second kappa shape index (κ2) is 8.79. The lowest BCUT2D eigenvalue weighted by molar-refractivity contribution is -0.138. The highest BCUT2D eigenvalue weighted by Gasteiger charge is 2.17. The SMILES string of the molecule is CCOC(=O)/C(C=Nc1cc(C(=O)OCC)c2ccccn2c1=O)=C(/C)O. The lowest BCUT2D eigenvalue weighted by Gasteiger charge is -2.08. The monoisotopic (exact) mass is 372 g/mol. The Morgan fingerprint density at radius 2 is 1.93 bits per heavy atom. The number of aromatic nitrogens is 1. The van der Waals surface area contributed by atoms with Gasteiger partial charge in [0.1, 0.15) is 17.0 Å². The van der Waals surface area contributed by atoms with Gasteiger partial charge in [-0.3, -0.25) is 9.20 Å². The summed E-state index contributed by atoms with van der Waals surface area (Å²) in [6.45, 7) is 4.90. The highest BCUT2D eigenvalue weighted by atomic mass is 16.5. The molecule has 142 valence electrons. The first-order valence-electron chi connectivity index (χ1n) is 8.33. The molecule has 0 fully saturated rings. The van der Waals surface area contributed by atoms with Crippen molar-refractivity contribution in [3.05, 3.63) is 57.7 Å². The molecule has 0 bridgehead atoms. The number of fused-ring (bicyclic) bond motifs is 1. The van der Waals surface area contributed by atoms with Crippen molar-refractivity contribution in [1.29, 1.82) is 0 Å². The summed E-state index contributed by atoms with van der Waals surface area (Å²) in [6.07, 6.45) is 2.53. The Balaban J connectivity index is 2.60. The topological polar surface area (TPSA) is 107 Å². The summed E-state index contributed by atoms with van der Waals surface area (Å²) >= 11 is 0. The van der Waals surface area contributed by atoms with Crippen LogP contribution in [0.3, 0.4) is 0 Å². The van der Waals surface area contributed by atoms with Gasteiger partial charge in [-0.25, -0.2) is 14.6 Å². The van der Waals surface area contributed by atoms with E-state index >= 15 is 0 Å². The van der Waals surface area contributed by atoms with E-state index in [1.807, 2.05) is 0 Å². The van der Waals surface area contributed by atoms with Crippen LogP contribution in [0.4, 0.5) is 5.69 Å². The van der Waals surface area contributed by atoms with Crippen molar-refractivity contribution >= 4 is 29.4 Å². The second-order valence-electron chi connectivity index (χ2n) is 5.40. The molecule has 2 heterocycles. The van der Waals surface area contributed by atoms with E-state index in [0.29, 0.717) is 5.52 Å². The maximum atomic E-state index is 12.6.